The summed E-state index contributed by atoms with van der Waals surface area (Å²) in [5.41, 5.74) is 0.521. The maximum atomic E-state index is 13.1. The van der Waals surface area contributed by atoms with Crippen LogP contribution >= 0.6 is 15.9 Å². The Bertz CT molecular complexity index is 493. The van der Waals surface area contributed by atoms with Crippen LogP contribution in [0.2, 0.25) is 0 Å². The highest BCUT2D eigenvalue weighted by molar-refractivity contribution is 9.10. The molecule has 104 valence electrons. The zero-order chi connectivity index (χ0) is 14.6. The second kappa shape index (κ2) is 6.65. The summed E-state index contributed by atoms with van der Waals surface area (Å²) in [6, 6.07) is 3.61. The molecular weight excluding hydrogens is 317 g/mol. The molecule has 19 heavy (non-hydrogen) atoms. The Balaban J connectivity index is 2.65. The number of carbonyl (C=O) groups excluding carboxylic acids is 1. The smallest absolute Gasteiger partial charge is 0.308 e. The maximum absolute atomic E-state index is 13.1. The van der Waals surface area contributed by atoms with Crippen LogP contribution in [0.4, 0.5) is 4.39 Å². The first-order chi connectivity index (χ1) is 8.81. The van der Waals surface area contributed by atoms with Gasteiger partial charge < -0.3 is 10.4 Å². The van der Waals surface area contributed by atoms with Crippen molar-refractivity contribution < 1.29 is 19.1 Å². The molecular formula is C13H15BrFNO3. The average Bonchev–Trinajstić information content (AvgIpc) is 2.32. The summed E-state index contributed by atoms with van der Waals surface area (Å²) in [5, 5.41) is 11.4. The molecule has 1 amide bonds. The van der Waals surface area contributed by atoms with E-state index >= 15 is 0 Å². The van der Waals surface area contributed by atoms with Crippen molar-refractivity contribution in [2.75, 3.05) is 0 Å². The van der Waals surface area contributed by atoms with Crippen LogP contribution in [0.3, 0.4) is 0 Å². The lowest BCUT2D eigenvalue weighted by molar-refractivity contribution is -0.142. The van der Waals surface area contributed by atoms with Gasteiger partial charge in [-0.1, -0.05) is 15.9 Å². The Hall–Kier alpha value is -1.43. The van der Waals surface area contributed by atoms with Crippen LogP contribution in [0, 0.1) is 11.7 Å². The minimum absolute atomic E-state index is 0.00494. The number of hydrogen-bond donors (Lipinski definition) is 2. The molecule has 2 atom stereocenters. The van der Waals surface area contributed by atoms with Crippen molar-refractivity contribution in [2.24, 2.45) is 5.92 Å². The summed E-state index contributed by atoms with van der Waals surface area (Å²) in [4.78, 5) is 22.5. The summed E-state index contributed by atoms with van der Waals surface area (Å²) >= 11 is 3.24. The Morgan fingerprint density at radius 1 is 1.42 bits per heavy atom. The molecule has 1 aromatic rings. The van der Waals surface area contributed by atoms with Crippen molar-refractivity contribution in [2.45, 2.75) is 26.3 Å². The standard InChI is InChI=1S/C13H15BrFNO3/c1-7(13(18)19)8(2)16-12(17)6-9-5-10(15)3-4-11(9)14/h3-5,7-8H,6H2,1-2H3,(H,16,17)(H,18,19). The molecule has 6 heteroatoms. The topological polar surface area (TPSA) is 66.4 Å². The minimum Gasteiger partial charge on any atom is -0.481 e. The molecule has 0 spiro atoms. The van der Waals surface area contributed by atoms with Crippen LogP contribution in [0.5, 0.6) is 0 Å². The molecule has 0 aromatic heterocycles. The molecule has 1 aromatic carbocycles. The number of benzene rings is 1. The van der Waals surface area contributed by atoms with E-state index in [1.165, 1.54) is 25.1 Å². The first kappa shape index (κ1) is 15.6. The third-order valence-corrected chi connectivity index (χ3v) is 3.66. The van der Waals surface area contributed by atoms with E-state index in [1.807, 2.05) is 0 Å². The van der Waals surface area contributed by atoms with Gasteiger partial charge in [0.1, 0.15) is 5.82 Å². The van der Waals surface area contributed by atoms with Crippen LogP contribution < -0.4 is 5.32 Å². The molecule has 2 unspecified atom stereocenters. The van der Waals surface area contributed by atoms with Gasteiger partial charge in [0.2, 0.25) is 5.91 Å². The summed E-state index contributed by atoms with van der Waals surface area (Å²) < 4.78 is 13.7. The number of halogens is 2. The summed E-state index contributed by atoms with van der Waals surface area (Å²) in [6.07, 6.45) is -0.00494. The molecule has 2 N–H and O–H groups in total. The fraction of sp³-hybridized carbons (Fsp3) is 0.385. The van der Waals surface area contributed by atoms with Crippen molar-refractivity contribution in [3.63, 3.8) is 0 Å². The van der Waals surface area contributed by atoms with Gasteiger partial charge in [-0.25, -0.2) is 4.39 Å². The molecule has 0 aliphatic heterocycles. The Kier molecular flexibility index (Phi) is 5.47. The van der Waals surface area contributed by atoms with Crippen LogP contribution in [-0.4, -0.2) is 23.0 Å². The number of nitrogens with one attached hydrogen (secondary N) is 1. The number of aliphatic carboxylic acids is 1. The van der Waals surface area contributed by atoms with E-state index in [0.717, 1.165) is 0 Å². The van der Waals surface area contributed by atoms with E-state index in [1.54, 1.807) is 6.92 Å². The van der Waals surface area contributed by atoms with Crippen molar-refractivity contribution in [1.29, 1.82) is 0 Å². The summed E-state index contributed by atoms with van der Waals surface area (Å²) in [5.74, 6) is -2.41. The van der Waals surface area contributed by atoms with Gasteiger partial charge in [0.05, 0.1) is 12.3 Å². The van der Waals surface area contributed by atoms with Gasteiger partial charge in [0.15, 0.2) is 0 Å². The predicted molar refractivity (Wildman–Crippen MR) is 72.2 cm³/mol. The summed E-state index contributed by atoms with van der Waals surface area (Å²) in [7, 11) is 0. The first-order valence-electron chi connectivity index (χ1n) is 5.77. The zero-order valence-electron chi connectivity index (χ0n) is 10.6. The fourth-order valence-electron chi connectivity index (χ4n) is 1.50. The van der Waals surface area contributed by atoms with E-state index in [4.69, 9.17) is 5.11 Å². The monoisotopic (exact) mass is 331 g/mol. The minimum atomic E-state index is -0.972. The number of amides is 1. The Morgan fingerprint density at radius 3 is 2.63 bits per heavy atom. The Labute approximate surface area is 119 Å². The van der Waals surface area contributed by atoms with Gasteiger partial charge in [-0.3, -0.25) is 9.59 Å². The molecule has 0 fully saturated rings. The molecule has 4 nitrogen and oxygen atoms in total. The van der Waals surface area contributed by atoms with Gasteiger partial charge in [-0.2, -0.15) is 0 Å². The lowest BCUT2D eigenvalue weighted by Crippen LogP contribution is -2.40. The molecule has 0 heterocycles. The lowest BCUT2D eigenvalue weighted by atomic mass is 10.0. The molecule has 0 aliphatic carbocycles. The highest BCUT2D eigenvalue weighted by Gasteiger charge is 2.21. The van der Waals surface area contributed by atoms with E-state index in [-0.39, 0.29) is 12.3 Å². The van der Waals surface area contributed by atoms with E-state index in [0.29, 0.717) is 10.0 Å². The quantitative estimate of drug-likeness (QED) is 0.870. The van der Waals surface area contributed by atoms with Crippen LogP contribution in [0.25, 0.3) is 0 Å². The fourth-order valence-corrected chi connectivity index (χ4v) is 1.88. The van der Waals surface area contributed by atoms with E-state index in [9.17, 15) is 14.0 Å². The summed E-state index contributed by atoms with van der Waals surface area (Å²) in [6.45, 7) is 3.14. The normalized spacial score (nSPS) is 13.7. The van der Waals surface area contributed by atoms with Gasteiger partial charge in [0.25, 0.3) is 0 Å². The van der Waals surface area contributed by atoms with Gasteiger partial charge >= 0.3 is 5.97 Å². The molecule has 1 rings (SSSR count). The van der Waals surface area contributed by atoms with Crippen LogP contribution in [-0.2, 0) is 16.0 Å². The van der Waals surface area contributed by atoms with E-state index in [2.05, 4.69) is 21.2 Å². The zero-order valence-corrected chi connectivity index (χ0v) is 12.2. The number of rotatable bonds is 5. The van der Waals surface area contributed by atoms with Crippen molar-refractivity contribution >= 4 is 27.8 Å². The SMILES string of the molecule is CC(NC(=O)Cc1cc(F)ccc1Br)C(C)C(=O)O. The number of hydrogen-bond acceptors (Lipinski definition) is 2. The molecule has 0 radical (unpaired) electrons. The van der Waals surface area contributed by atoms with Crippen molar-refractivity contribution in [1.82, 2.24) is 5.32 Å². The second-order valence-corrected chi connectivity index (χ2v) is 5.25. The van der Waals surface area contributed by atoms with Crippen LogP contribution in [0.15, 0.2) is 22.7 Å². The molecule has 0 bridgehead atoms. The largest absolute Gasteiger partial charge is 0.481 e. The highest BCUT2D eigenvalue weighted by atomic mass is 79.9. The molecule has 0 aliphatic rings. The van der Waals surface area contributed by atoms with Crippen LogP contribution in [0.1, 0.15) is 19.4 Å². The highest BCUT2D eigenvalue weighted by Crippen LogP contribution is 2.18. The number of carboxylic acids is 1. The van der Waals surface area contributed by atoms with Gasteiger partial charge in [0, 0.05) is 10.5 Å². The van der Waals surface area contributed by atoms with Gasteiger partial charge in [-0.05, 0) is 37.6 Å². The number of carboxylic acid groups (broad SMARTS) is 1. The van der Waals surface area contributed by atoms with Gasteiger partial charge in [-0.15, -0.1) is 0 Å². The maximum Gasteiger partial charge on any atom is 0.308 e. The first-order valence-corrected chi connectivity index (χ1v) is 6.56. The van der Waals surface area contributed by atoms with E-state index < -0.39 is 23.7 Å². The number of carbonyl (C=O) groups is 2. The molecule has 0 saturated heterocycles. The Morgan fingerprint density at radius 2 is 2.05 bits per heavy atom. The third-order valence-electron chi connectivity index (χ3n) is 2.89. The van der Waals surface area contributed by atoms with Crippen molar-refractivity contribution in [3.8, 4) is 0 Å². The third kappa shape index (κ3) is 4.63. The average molecular weight is 332 g/mol. The molecule has 0 saturated carbocycles. The second-order valence-electron chi connectivity index (χ2n) is 4.40. The van der Waals surface area contributed by atoms with Crippen molar-refractivity contribution in [3.05, 3.63) is 34.1 Å². The predicted octanol–water partition coefficient (Wildman–Crippen LogP) is 2.36. The lowest BCUT2D eigenvalue weighted by Gasteiger charge is -2.18.